The maximum atomic E-state index is 12.3. The Morgan fingerprint density at radius 2 is 1.87 bits per heavy atom. The number of aryl methyl sites for hydroxylation is 1. The molecule has 1 fully saturated rings. The van der Waals surface area contributed by atoms with Crippen molar-refractivity contribution in [1.29, 1.82) is 0 Å². The number of carbonyl (C=O) groups is 2. The third-order valence-corrected chi connectivity index (χ3v) is 5.37. The SMILES string of the molecule is COc1cc(C(C)=O)ccc1OCC(=O)NC1CCN(Cc2cccc(C)c2)CC1. The van der Waals surface area contributed by atoms with Crippen LogP contribution in [0.15, 0.2) is 42.5 Å². The zero-order chi connectivity index (χ0) is 21.5. The molecule has 1 aliphatic rings. The quantitative estimate of drug-likeness (QED) is 0.676. The lowest BCUT2D eigenvalue weighted by molar-refractivity contribution is -0.124. The van der Waals surface area contributed by atoms with E-state index in [-0.39, 0.29) is 24.3 Å². The van der Waals surface area contributed by atoms with Crippen molar-refractivity contribution in [3.63, 3.8) is 0 Å². The number of piperidine rings is 1. The molecule has 0 saturated carbocycles. The minimum absolute atomic E-state index is 0.0497. The fourth-order valence-corrected chi connectivity index (χ4v) is 3.72. The minimum Gasteiger partial charge on any atom is -0.493 e. The number of carbonyl (C=O) groups excluding carboxylic acids is 2. The van der Waals surface area contributed by atoms with Crippen LogP contribution in [-0.2, 0) is 11.3 Å². The number of likely N-dealkylation sites (tertiary alicyclic amines) is 1. The molecule has 30 heavy (non-hydrogen) atoms. The van der Waals surface area contributed by atoms with Crippen LogP contribution in [0.4, 0.5) is 0 Å². The largest absolute Gasteiger partial charge is 0.493 e. The van der Waals surface area contributed by atoms with Crippen molar-refractivity contribution in [3.8, 4) is 11.5 Å². The molecule has 2 aromatic rings. The second-order valence-corrected chi connectivity index (χ2v) is 7.82. The Bertz CT molecular complexity index is 889. The summed E-state index contributed by atoms with van der Waals surface area (Å²) in [4.78, 5) is 26.2. The average molecular weight is 411 g/mol. The average Bonchev–Trinajstić information content (AvgIpc) is 2.73. The van der Waals surface area contributed by atoms with Gasteiger partial charge in [-0.25, -0.2) is 0 Å². The Morgan fingerprint density at radius 3 is 2.53 bits per heavy atom. The molecule has 160 valence electrons. The zero-order valence-electron chi connectivity index (χ0n) is 17.9. The molecule has 0 bridgehead atoms. The fourth-order valence-electron chi connectivity index (χ4n) is 3.72. The van der Waals surface area contributed by atoms with E-state index in [0.717, 1.165) is 32.5 Å². The number of ketones is 1. The number of nitrogens with one attached hydrogen (secondary N) is 1. The number of rotatable bonds is 8. The van der Waals surface area contributed by atoms with Gasteiger partial charge in [-0.2, -0.15) is 0 Å². The van der Waals surface area contributed by atoms with Crippen LogP contribution in [0.25, 0.3) is 0 Å². The summed E-state index contributed by atoms with van der Waals surface area (Å²) in [5.41, 5.74) is 3.15. The van der Waals surface area contributed by atoms with Crippen molar-refractivity contribution in [2.75, 3.05) is 26.8 Å². The van der Waals surface area contributed by atoms with Crippen molar-refractivity contribution in [3.05, 3.63) is 59.2 Å². The first-order valence-electron chi connectivity index (χ1n) is 10.3. The number of benzene rings is 2. The maximum Gasteiger partial charge on any atom is 0.258 e. The number of methoxy groups -OCH3 is 1. The summed E-state index contributed by atoms with van der Waals surface area (Å²) in [6, 6.07) is 13.7. The van der Waals surface area contributed by atoms with E-state index in [1.165, 1.54) is 25.2 Å². The first-order chi connectivity index (χ1) is 14.4. The molecule has 0 aliphatic carbocycles. The Labute approximate surface area is 178 Å². The lowest BCUT2D eigenvalue weighted by atomic mass is 10.0. The summed E-state index contributed by atoms with van der Waals surface area (Å²) in [6.45, 7) is 6.39. The minimum atomic E-state index is -0.148. The highest BCUT2D eigenvalue weighted by molar-refractivity contribution is 5.94. The third kappa shape index (κ3) is 6.07. The topological polar surface area (TPSA) is 67.9 Å². The molecule has 1 saturated heterocycles. The first kappa shape index (κ1) is 21.8. The lowest BCUT2D eigenvalue weighted by Gasteiger charge is -2.32. The second-order valence-electron chi connectivity index (χ2n) is 7.82. The van der Waals surface area contributed by atoms with Gasteiger partial charge in [-0.3, -0.25) is 14.5 Å². The molecule has 0 radical (unpaired) electrons. The summed E-state index contributed by atoms with van der Waals surface area (Å²) < 4.78 is 10.9. The smallest absolute Gasteiger partial charge is 0.258 e. The predicted molar refractivity (Wildman–Crippen MR) is 116 cm³/mol. The zero-order valence-corrected chi connectivity index (χ0v) is 17.9. The van der Waals surface area contributed by atoms with Crippen molar-refractivity contribution < 1.29 is 19.1 Å². The standard InChI is InChI=1S/C24H30N2O4/c1-17-5-4-6-19(13-17)15-26-11-9-21(10-12-26)25-24(28)16-30-22-8-7-20(18(2)27)14-23(22)29-3/h4-8,13-14,21H,9-12,15-16H2,1-3H3,(H,25,28). The fraction of sp³-hybridized carbons (Fsp3) is 0.417. The monoisotopic (exact) mass is 410 g/mol. The van der Waals surface area contributed by atoms with Gasteiger partial charge in [0, 0.05) is 31.2 Å². The van der Waals surface area contributed by atoms with Gasteiger partial charge in [0.25, 0.3) is 5.91 Å². The molecule has 1 heterocycles. The van der Waals surface area contributed by atoms with Crippen LogP contribution >= 0.6 is 0 Å². The molecular formula is C24H30N2O4. The van der Waals surface area contributed by atoms with E-state index >= 15 is 0 Å². The van der Waals surface area contributed by atoms with Crippen molar-refractivity contribution in [2.45, 2.75) is 39.3 Å². The third-order valence-electron chi connectivity index (χ3n) is 5.37. The van der Waals surface area contributed by atoms with E-state index in [4.69, 9.17) is 9.47 Å². The van der Waals surface area contributed by atoms with Crippen LogP contribution in [0.2, 0.25) is 0 Å². The van der Waals surface area contributed by atoms with Crippen LogP contribution < -0.4 is 14.8 Å². The van der Waals surface area contributed by atoms with Gasteiger partial charge in [0.2, 0.25) is 0 Å². The molecule has 1 N–H and O–H groups in total. The predicted octanol–water partition coefficient (Wildman–Crippen LogP) is 3.37. The Balaban J connectivity index is 1.43. The summed E-state index contributed by atoms with van der Waals surface area (Å²) >= 11 is 0. The van der Waals surface area contributed by atoms with Crippen molar-refractivity contribution in [2.24, 2.45) is 0 Å². The van der Waals surface area contributed by atoms with Crippen LogP contribution in [0.3, 0.4) is 0 Å². The Kier molecular flexibility index (Phi) is 7.46. The number of hydrogen-bond donors (Lipinski definition) is 1. The number of hydrogen-bond acceptors (Lipinski definition) is 5. The van der Waals surface area contributed by atoms with E-state index in [1.54, 1.807) is 18.2 Å². The molecule has 3 rings (SSSR count). The normalized spacial score (nSPS) is 14.9. The van der Waals surface area contributed by atoms with E-state index < -0.39 is 0 Å². The number of amides is 1. The maximum absolute atomic E-state index is 12.3. The number of ether oxygens (including phenoxy) is 2. The van der Waals surface area contributed by atoms with Gasteiger partial charge in [-0.1, -0.05) is 29.8 Å². The lowest BCUT2D eigenvalue weighted by Crippen LogP contribution is -2.45. The van der Waals surface area contributed by atoms with Gasteiger partial charge in [0.05, 0.1) is 7.11 Å². The van der Waals surface area contributed by atoms with E-state index in [2.05, 4.69) is 41.4 Å². The van der Waals surface area contributed by atoms with Gasteiger partial charge < -0.3 is 14.8 Å². The van der Waals surface area contributed by atoms with Crippen LogP contribution in [0.1, 0.15) is 41.3 Å². The molecular weight excluding hydrogens is 380 g/mol. The Hall–Kier alpha value is -2.86. The summed E-state index contributed by atoms with van der Waals surface area (Å²) in [5, 5.41) is 3.06. The summed E-state index contributed by atoms with van der Waals surface area (Å²) in [6.07, 6.45) is 1.85. The number of nitrogens with zero attached hydrogens (tertiary/aromatic N) is 1. The molecule has 2 aromatic carbocycles. The highest BCUT2D eigenvalue weighted by Gasteiger charge is 2.21. The molecule has 0 atom stereocenters. The summed E-state index contributed by atoms with van der Waals surface area (Å²) in [7, 11) is 1.51. The van der Waals surface area contributed by atoms with Gasteiger partial charge >= 0.3 is 0 Å². The molecule has 0 aromatic heterocycles. The van der Waals surface area contributed by atoms with Crippen LogP contribution in [-0.4, -0.2) is 49.4 Å². The van der Waals surface area contributed by atoms with Gasteiger partial charge in [0.1, 0.15) is 0 Å². The molecule has 1 aliphatic heterocycles. The number of Topliss-reactive ketones (excluding diaryl/α,β-unsaturated/α-hetero) is 1. The van der Waals surface area contributed by atoms with Crippen molar-refractivity contribution in [1.82, 2.24) is 10.2 Å². The first-order valence-corrected chi connectivity index (χ1v) is 10.3. The van der Waals surface area contributed by atoms with Gasteiger partial charge in [-0.05, 0) is 50.5 Å². The summed E-state index contributed by atoms with van der Waals surface area (Å²) in [5.74, 6) is 0.696. The van der Waals surface area contributed by atoms with Crippen LogP contribution in [0.5, 0.6) is 11.5 Å². The second kappa shape index (κ2) is 10.3. The molecule has 6 heteroatoms. The van der Waals surface area contributed by atoms with Crippen LogP contribution in [0, 0.1) is 6.92 Å². The molecule has 0 unspecified atom stereocenters. The van der Waals surface area contributed by atoms with Gasteiger partial charge in [-0.15, -0.1) is 0 Å². The Morgan fingerprint density at radius 1 is 1.10 bits per heavy atom. The molecule has 1 amide bonds. The molecule has 0 spiro atoms. The van der Waals surface area contributed by atoms with E-state index in [9.17, 15) is 9.59 Å². The van der Waals surface area contributed by atoms with E-state index in [1.807, 2.05) is 0 Å². The van der Waals surface area contributed by atoms with E-state index in [0.29, 0.717) is 17.1 Å². The highest BCUT2D eigenvalue weighted by Crippen LogP contribution is 2.28. The van der Waals surface area contributed by atoms with Gasteiger partial charge in [0.15, 0.2) is 23.9 Å². The van der Waals surface area contributed by atoms with Crippen molar-refractivity contribution >= 4 is 11.7 Å². The highest BCUT2D eigenvalue weighted by atomic mass is 16.5. The molecule has 6 nitrogen and oxygen atoms in total.